The fourth-order valence-corrected chi connectivity index (χ4v) is 2.99. The third-order valence-electron chi connectivity index (χ3n) is 2.84. The lowest BCUT2D eigenvalue weighted by Gasteiger charge is -2.14. The molecule has 1 aromatic rings. The van der Waals surface area contributed by atoms with Gasteiger partial charge in [0, 0.05) is 11.4 Å². The number of thiophene rings is 1. The van der Waals surface area contributed by atoms with E-state index in [4.69, 9.17) is 5.26 Å². The molecule has 2 rings (SSSR count). The third-order valence-corrected chi connectivity index (χ3v) is 3.99. The molecule has 9 heteroatoms. The van der Waals surface area contributed by atoms with E-state index in [9.17, 15) is 22.4 Å². The second-order valence-corrected chi connectivity index (χ2v) is 5.23. The Hall–Kier alpha value is -1.66. The Labute approximate surface area is 115 Å². The number of fused-ring (bicyclic) bond motifs is 1. The molecular weight excluding hydrogens is 298 g/mol. The SMILES string of the molecule is N#Cc1c(NC(=O)C(F)(F)C(F)F)sc2c1CCNC2. The zero-order chi connectivity index (χ0) is 14.9. The number of carbonyl (C=O) groups excluding carboxylic acids is 1. The molecule has 2 N–H and O–H groups in total. The summed E-state index contributed by atoms with van der Waals surface area (Å²) in [5.41, 5.74) is 0.747. The summed E-state index contributed by atoms with van der Waals surface area (Å²) in [5, 5.41) is 13.7. The second kappa shape index (κ2) is 5.38. The van der Waals surface area contributed by atoms with Gasteiger partial charge in [-0.3, -0.25) is 4.79 Å². The van der Waals surface area contributed by atoms with Gasteiger partial charge in [-0.2, -0.15) is 14.0 Å². The largest absolute Gasteiger partial charge is 0.383 e. The van der Waals surface area contributed by atoms with Crippen LogP contribution in [-0.4, -0.2) is 24.8 Å². The van der Waals surface area contributed by atoms with Crippen LogP contribution in [0.5, 0.6) is 0 Å². The highest BCUT2D eigenvalue weighted by molar-refractivity contribution is 7.16. The molecule has 108 valence electrons. The van der Waals surface area contributed by atoms with Crippen LogP contribution in [0.3, 0.4) is 0 Å². The maximum atomic E-state index is 12.9. The summed E-state index contributed by atoms with van der Waals surface area (Å²) in [4.78, 5) is 11.9. The van der Waals surface area contributed by atoms with Gasteiger partial charge in [0.25, 0.3) is 0 Å². The van der Waals surface area contributed by atoms with Crippen LogP contribution in [0.2, 0.25) is 0 Å². The standard InChI is InChI=1S/C11H9F4N3OS/c12-9(13)11(14,15)10(19)18-8-6(3-16)5-1-2-17-4-7(5)20-8/h9,17H,1-2,4H2,(H,18,19). The number of hydrogen-bond donors (Lipinski definition) is 2. The van der Waals surface area contributed by atoms with Gasteiger partial charge >= 0.3 is 18.3 Å². The number of carbonyl (C=O) groups is 1. The molecule has 1 aliphatic heterocycles. The van der Waals surface area contributed by atoms with E-state index in [0.717, 1.165) is 16.2 Å². The van der Waals surface area contributed by atoms with Crippen molar-refractivity contribution < 1.29 is 22.4 Å². The number of nitriles is 1. The molecule has 0 unspecified atom stereocenters. The van der Waals surface area contributed by atoms with Gasteiger partial charge in [-0.1, -0.05) is 0 Å². The van der Waals surface area contributed by atoms with E-state index in [1.165, 1.54) is 0 Å². The predicted octanol–water partition coefficient (Wildman–Crippen LogP) is 2.10. The van der Waals surface area contributed by atoms with Crippen LogP contribution in [0.1, 0.15) is 16.0 Å². The Morgan fingerprint density at radius 3 is 2.80 bits per heavy atom. The average molecular weight is 307 g/mol. The van der Waals surface area contributed by atoms with Crippen molar-refractivity contribution in [1.29, 1.82) is 5.26 Å². The van der Waals surface area contributed by atoms with Gasteiger partial charge in [-0.05, 0) is 18.5 Å². The van der Waals surface area contributed by atoms with E-state index in [0.29, 0.717) is 25.1 Å². The molecule has 1 aliphatic rings. The van der Waals surface area contributed by atoms with Crippen molar-refractivity contribution in [3.8, 4) is 6.07 Å². The van der Waals surface area contributed by atoms with E-state index in [1.54, 1.807) is 5.32 Å². The topological polar surface area (TPSA) is 64.9 Å². The highest BCUT2D eigenvalue weighted by Gasteiger charge is 2.49. The van der Waals surface area contributed by atoms with Crippen LogP contribution < -0.4 is 10.6 Å². The van der Waals surface area contributed by atoms with E-state index in [2.05, 4.69) is 5.32 Å². The number of alkyl halides is 4. The van der Waals surface area contributed by atoms with E-state index in [1.807, 2.05) is 6.07 Å². The van der Waals surface area contributed by atoms with Crippen molar-refractivity contribution in [2.75, 3.05) is 11.9 Å². The number of nitrogens with zero attached hydrogens (tertiary/aromatic N) is 1. The van der Waals surface area contributed by atoms with Gasteiger partial charge in [-0.15, -0.1) is 11.3 Å². The zero-order valence-corrected chi connectivity index (χ0v) is 10.8. The molecule has 0 saturated carbocycles. The Bertz CT molecular complexity index is 579. The lowest BCUT2D eigenvalue weighted by atomic mass is 10.1. The van der Waals surface area contributed by atoms with Gasteiger partial charge in [-0.25, -0.2) is 8.78 Å². The summed E-state index contributed by atoms with van der Waals surface area (Å²) in [5.74, 6) is -6.88. The van der Waals surface area contributed by atoms with Crippen LogP contribution in [-0.2, 0) is 17.8 Å². The van der Waals surface area contributed by atoms with Gasteiger partial charge in [0.2, 0.25) is 0 Å². The van der Waals surface area contributed by atoms with Crippen LogP contribution in [0.15, 0.2) is 0 Å². The second-order valence-electron chi connectivity index (χ2n) is 4.12. The quantitative estimate of drug-likeness (QED) is 0.841. The minimum absolute atomic E-state index is 0.0740. The summed E-state index contributed by atoms with van der Waals surface area (Å²) < 4.78 is 50.0. The van der Waals surface area contributed by atoms with Crippen LogP contribution >= 0.6 is 11.3 Å². The van der Waals surface area contributed by atoms with Crippen LogP contribution in [0, 0.1) is 11.3 Å². The predicted molar refractivity (Wildman–Crippen MR) is 64.0 cm³/mol. The number of halogens is 4. The smallest absolute Gasteiger partial charge is 0.312 e. The molecule has 0 fully saturated rings. The van der Waals surface area contributed by atoms with Crippen molar-refractivity contribution in [3.63, 3.8) is 0 Å². The first-order chi connectivity index (χ1) is 9.37. The summed E-state index contributed by atoms with van der Waals surface area (Å²) in [6.45, 7) is 1.08. The molecule has 0 atom stereocenters. The van der Waals surface area contributed by atoms with Crippen molar-refractivity contribution >= 4 is 22.2 Å². The first-order valence-electron chi connectivity index (χ1n) is 5.60. The maximum Gasteiger partial charge on any atom is 0.383 e. The normalized spacial score (nSPS) is 14.8. The Kier molecular flexibility index (Phi) is 3.96. The number of amides is 1. The van der Waals surface area contributed by atoms with Gasteiger partial charge in [0.15, 0.2) is 0 Å². The number of hydrogen-bond acceptors (Lipinski definition) is 4. The van der Waals surface area contributed by atoms with Crippen molar-refractivity contribution in [1.82, 2.24) is 5.32 Å². The summed E-state index contributed by atoms with van der Waals surface area (Å²) >= 11 is 0.948. The third kappa shape index (κ3) is 2.48. The van der Waals surface area contributed by atoms with Crippen molar-refractivity contribution in [3.05, 3.63) is 16.0 Å². The molecule has 2 heterocycles. The Morgan fingerprint density at radius 1 is 1.50 bits per heavy atom. The minimum atomic E-state index is -4.78. The molecule has 1 amide bonds. The molecule has 0 radical (unpaired) electrons. The fraction of sp³-hybridized carbons (Fsp3) is 0.455. The zero-order valence-electron chi connectivity index (χ0n) is 9.97. The van der Waals surface area contributed by atoms with Gasteiger partial charge < -0.3 is 10.6 Å². The molecule has 0 bridgehead atoms. The van der Waals surface area contributed by atoms with Crippen LogP contribution in [0.4, 0.5) is 22.6 Å². The van der Waals surface area contributed by atoms with E-state index in [-0.39, 0.29) is 10.6 Å². The van der Waals surface area contributed by atoms with Crippen LogP contribution in [0.25, 0.3) is 0 Å². The highest BCUT2D eigenvalue weighted by atomic mass is 32.1. The molecule has 0 saturated heterocycles. The number of anilines is 1. The lowest BCUT2D eigenvalue weighted by molar-refractivity contribution is -0.163. The summed E-state index contributed by atoms with van der Waals surface area (Å²) in [6.07, 6.45) is -3.57. The first kappa shape index (κ1) is 14.7. The number of nitrogens with one attached hydrogen (secondary N) is 2. The Balaban J connectivity index is 2.29. The van der Waals surface area contributed by atoms with E-state index >= 15 is 0 Å². The summed E-state index contributed by atoms with van der Waals surface area (Å²) in [7, 11) is 0. The molecule has 1 aromatic heterocycles. The molecule has 20 heavy (non-hydrogen) atoms. The Morgan fingerprint density at radius 2 is 2.20 bits per heavy atom. The average Bonchev–Trinajstić information content (AvgIpc) is 2.75. The van der Waals surface area contributed by atoms with Crippen molar-refractivity contribution in [2.45, 2.75) is 25.3 Å². The molecule has 0 aliphatic carbocycles. The summed E-state index contributed by atoms with van der Waals surface area (Å²) in [6, 6.07) is 1.83. The fourth-order valence-electron chi connectivity index (χ4n) is 1.83. The molecule has 0 spiro atoms. The van der Waals surface area contributed by atoms with Crippen molar-refractivity contribution in [2.24, 2.45) is 0 Å². The minimum Gasteiger partial charge on any atom is -0.312 e. The number of rotatable bonds is 3. The highest BCUT2D eigenvalue weighted by Crippen LogP contribution is 2.36. The maximum absolute atomic E-state index is 12.9. The van der Waals surface area contributed by atoms with E-state index < -0.39 is 18.3 Å². The molecular formula is C11H9F4N3OS. The van der Waals surface area contributed by atoms with Gasteiger partial charge in [0.1, 0.15) is 11.1 Å². The van der Waals surface area contributed by atoms with Gasteiger partial charge in [0.05, 0.1) is 5.56 Å². The lowest BCUT2D eigenvalue weighted by Crippen LogP contribution is -2.40. The molecule has 0 aromatic carbocycles. The monoisotopic (exact) mass is 307 g/mol. The molecule has 4 nitrogen and oxygen atoms in total. The first-order valence-corrected chi connectivity index (χ1v) is 6.42.